The highest BCUT2D eigenvalue weighted by Gasteiger charge is 2.19. The predicted octanol–water partition coefficient (Wildman–Crippen LogP) is 2.52. The number of hydrogen-bond acceptors (Lipinski definition) is 2. The SMILES string of the molecule is CC(C)C(=O)/C(=C/c1ccc(F)cc1)C(=O)O. The summed E-state index contributed by atoms with van der Waals surface area (Å²) in [5, 5.41) is 8.95. The van der Waals surface area contributed by atoms with Gasteiger partial charge >= 0.3 is 5.97 Å². The second-order valence-electron chi connectivity index (χ2n) is 3.93. The zero-order chi connectivity index (χ0) is 13.0. The normalized spacial score (nSPS) is 11.6. The maximum absolute atomic E-state index is 12.7. The molecule has 4 heteroatoms. The van der Waals surface area contributed by atoms with Crippen molar-refractivity contribution in [3.8, 4) is 0 Å². The molecular formula is C13H13FO3. The summed E-state index contributed by atoms with van der Waals surface area (Å²) in [5.74, 6) is -2.51. The molecule has 1 aromatic rings. The number of hydrogen-bond donors (Lipinski definition) is 1. The van der Waals surface area contributed by atoms with Crippen LogP contribution in [0.15, 0.2) is 29.8 Å². The van der Waals surface area contributed by atoms with Crippen molar-refractivity contribution in [2.75, 3.05) is 0 Å². The zero-order valence-corrected chi connectivity index (χ0v) is 9.61. The Bertz CT molecular complexity index is 458. The third-order valence-electron chi connectivity index (χ3n) is 2.20. The molecule has 0 fully saturated rings. The summed E-state index contributed by atoms with van der Waals surface area (Å²) < 4.78 is 12.7. The van der Waals surface area contributed by atoms with E-state index in [9.17, 15) is 14.0 Å². The lowest BCUT2D eigenvalue weighted by Gasteiger charge is -2.04. The average Bonchev–Trinajstić information content (AvgIpc) is 2.26. The molecule has 0 saturated heterocycles. The summed E-state index contributed by atoms with van der Waals surface area (Å²) in [6.45, 7) is 3.26. The van der Waals surface area contributed by atoms with Crippen molar-refractivity contribution in [1.82, 2.24) is 0 Å². The first kappa shape index (κ1) is 13.1. The van der Waals surface area contributed by atoms with Crippen LogP contribution in [0, 0.1) is 11.7 Å². The first-order valence-corrected chi connectivity index (χ1v) is 5.16. The summed E-state index contributed by atoms with van der Waals surface area (Å²) >= 11 is 0. The van der Waals surface area contributed by atoms with Crippen LogP contribution in [0.2, 0.25) is 0 Å². The fraction of sp³-hybridized carbons (Fsp3) is 0.231. The molecule has 0 amide bonds. The van der Waals surface area contributed by atoms with E-state index in [0.29, 0.717) is 5.56 Å². The van der Waals surface area contributed by atoms with Gasteiger partial charge in [-0.15, -0.1) is 0 Å². The molecule has 17 heavy (non-hydrogen) atoms. The Morgan fingerprint density at radius 1 is 1.24 bits per heavy atom. The first-order valence-electron chi connectivity index (χ1n) is 5.16. The van der Waals surface area contributed by atoms with Crippen molar-refractivity contribution in [2.45, 2.75) is 13.8 Å². The molecule has 0 spiro atoms. The van der Waals surface area contributed by atoms with Crippen LogP contribution in [0.3, 0.4) is 0 Å². The van der Waals surface area contributed by atoms with Crippen LogP contribution in [0.25, 0.3) is 6.08 Å². The van der Waals surface area contributed by atoms with E-state index in [1.807, 2.05) is 0 Å². The molecule has 0 aliphatic heterocycles. The number of carbonyl (C=O) groups is 2. The Hall–Kier alpha value is -1.97. The fourth-order valence-corrected chi connectivity index (χ4v) is 1.27. The summed E-state index contributed by atoms with van der Waals surface area (Å²) in [6, 6.07) is 5.27. The van der Waals surface area contributed by atoms with Gasteiger partial charge in [0.25, 0.3) is 0 Å². The smallest absolute Gasteiger partial charge is 0.339 e. The minimum absolute atomic E-state index is 0.286. The standard InChI is InChI=1S/C13H13FO3/c1-8(2)12(15)11(13(16)17)7-9-3-5-10(14)6-4-9/h3-8H,1-2H3,(H,16,17)/b11-7-. The average molecular weight is 236 g/mol. The van der Waals surface area contributed by atoms with Crippen molar-refractivity contribution < 1.29 is 19.1 Å². The second-order valence-corrected chi connectivity index (χ2v) is 3.93. The van der Waals surface area contributed by atoms with Gasteiger partial charge in [-0.05, 0) is 23.8 Å². The number of aliphatic carboxylic acids is 1. The minimum atomic E-state index is -1.27. The van der Waals surface area contributed by atoms with Crippen molar-refractivity contribution >= 4 is 17.8 Å². The van der Waals surface area contributed by atoms with Crippen LogP contribution in [0.5, 0.6) is 0 Å². The second kappa shape index (κ2) is 5.39. The lowest BCUT2D eigenvalue weighted by molar-refractivity contribution is -0.135. The van der Waals surface area contributed by atoms with E-state index in [4.69, 9.17) is 5.11 Å². The molecule has 0 atom stereocenters. The van der Waals surface area contributed by atoms with Crippen LogP contribution in [-0.4, -0.2) is 16.9 Å². The Morgan fingerprint density at radius 3 is 2.18 bits per heavy atom. The largest absolute Gasteiger partial charge is 0.478 e. The molecule has 0 radical (unpaired) electrons. The van der Waals surface area contributed by atoms with Crippen molar-refractivity contribution in [1.29, 1.82) is 0 Å². The van der Waals surface area contributed by atoms with E-state index >= 15 is 0 Å². The predicted molar refractivity (Wildman–Crippen MR) is 61.9 cm³/mol. The molecule has 1 rings (SSSR count). The van der Waals surface area contributed by atoms with Crippen LogP contribution < -0.4 is 0 Å². The fourth-order valence-electron chi connectivity index (χ4n) is 1.27. The van der Waals surface area contributed by atoms with Gasteiger partial charge in [-0.1, -0.05) is 26.0 Å². The number of Topliss-reactive ketones (excluding diaryl/α,β-unsaturated/α-hetero) is 1. The first-order chi connectivity index (χ1) is 7.91. The molecule has 0 aliphatic rings. The monoisotopic (exact) mass is 236 g/mol. The maximum atomic E-state index is 12.7. The van der Waals surface area contributed by atoms with E-state index in [1.54, 1.807) is 13.8 Å². The molecule has 0 bridgehead atoms. The van der Waals surface area contributed by atoms with E-state index in [-0.39, 0.29) is 5.57 Å². The van der Waals surface area contributed by atoms with Gasteiger partial charge in [-0.25, -0.2) is 9.18 Å². The van der Waals surface area contributed by atoms with E-state index in [2.05, 4.69) is 0 Å². The molecule has 1 N–H and O–H groups in total. The van der Waals surface area contributed by atoms with Gasteiger partial charge < -0.3 is 5.11 Å². The van der Waals surface area contributed by atoms with Crippen molar-refractivity contribution in [3.05, 3.63) is 41.2 Å². The molecule has 0 saturated carbocycles. The quantitative estimate of drug-likeness (QED) is 0.496. The third kappa shape index (κ3) is 3.52. The summed E-state index contributed by atoms with van der Waals surface area (Å²) in [6.07, 6.45) is 1.25. The molecule has 1 aromatic carbocycles. The van der Waals surface area contributed by atoms with Gasteiger partial charge in [-0.3, -0.25) is 4.79 Å². The maximum Gasteiger partial charge on any atom is 0.339 e. The molecule has 3 nitrogen and oxygen atoms in total. The number of carbonyl (C=O) groups excluding carboxylic acids is 1. The van der Waals surface area contributed by atoms with Gasteiger partial charge in [0.15, 0.2) is 5.78 Å². The van der Waals surface area contributed by atoms with E-state index in [0.717, 1.165) is 0 Å². The van der Waals surface area contributed by atoms with E-state index < -0.39 is 23.5 Å². The molecular weight excluding hydrogens is 223 g/mol. The van der Waals surface area contributed by atoms with Gasteiger partial charge in [0.2, 0.25) is 0 Å². The number of rotatable bonds is 4. The topological polar surface area (TPSA) is 54.4 Å². The molecule has 0 aliphatic carbocycles. The van der Waals surface area contributed by atoms with Crippen LogP contribution >= 0.6 is 0 Å². The number of carboxylic acid groups (broad SMARTS) is 1. The van der Waals surface area contributed by atoms with E-state index in [1.165, 1.54) is 30.3 Å². The van der Waals surface area contributed by atoms with Gasteiger partial charge in [0.05, 0.1) is 0 Å². The molecule has 0 aromatic heterocycles. The Morgan fingerprint density at radius 2 is 1.76 bits per heavy atom. The Kier molecular flexibility index (Phi) is 4.15. The highest BCUT2D eigenvalue weighted by molar-refractivity contribution is 6.20. The molecule has 0 unspecified atom stereocenters. The van der Waals surface area contributed by atoms with Crippen LogP contribution in [0.4, 0.5) is 4.39 Å². The minimum Gasteiger partial charge on any atom is -0.478 e. The summed E-state index contributed by atoms with van der Waals surface area (Å²) in [5.41, 5.74) is 0.199. The van der Waals surface area contributed by atoms with Crippen molar-refractivity contribution in [3.63, 3.8) is 0 Å². The summed E-state index contributed by atoms with van der Waals surface area (Å²) in [4.78, 5) is 22.6. The Balaban J connectivity index is 3.11. The number of halogens is 1. The van der Waals surface area contributed by atoms with Crippen LogP contribution in [-0.2, 0) is 9.59 Å². The van der Waals surface area contributed by atoms with Crippen molar-refractivity contribution in [2.24, 2.45) is 5.92 Å². The number of benzene rings is 1. The highest BCUT2D eigenvalue weighted by atomic mass is 19.1. The molecule has 90 valence electrons. The van der Waals surface area contributed by atoms with Gasteiger partial charge in [-0.2, -0.15) is 0 Å². The third-order valence-corrected chi connectivity index (χ3v) is 2.20. The van der Waals surface area contributed by atoms with Crippen LogP contribution in [0.1, 0.15) is 19.4 Å². The van der Waals surface area contributed by atoms with Gasteiger partial charge in [0.1, 0.15) is 11.4 Å². The number of carboxylic acids is 1. The summed E-state index contributed by atoms with van der Waals surface area (Å²) in [7, 11) is 0. The Labute approximate surface area is 98.6 Å². The highest BCUT2D eigenvalue weighted by Crippen LogP contribution is 2.13. The number of ketones is 1. The van der Waals surface area contributed by atoms with Gasteiger partial charge in [0, 0.05) is 5.92 Å². The lowest BCUT2D eigenvalue weighted by Crippen LogP contribution is -2.17. The lowest BCUT2D eigenvalue weighted by atomic mass is 9.99. The zero-order valence-electron chi connectivity index (χ0n) is 9.61. The molecule has 0 heterocycles.